The average Bonchev–Trinajstić information content (AvgIpc) is 2.28. The maximum Gasteiger partial charge on any atom is 0.272 e. The minimum atomic E-state index is -0.645. The Bertz CT molecular complexity index is 387. The quantitative estimate of drug-likeness (QED) is 0.446. The second kappa shape index (κ2) is 6.89. The first-order chi connectivity index (χ1) is 8.13. The summed E-state index contributed by atoms with van der Waals surface area (Å²) in [6, 6.07) is 3.37. The van der Waals surface area contributed by atoms with Crippen molar-refractivity contribution in [1.29, 1.82) is 0 Å². The first-order valence-corrected chi connectivity index (χ1v) is 4.91. The Balaban J connectivity index is 2.50. The maximum absolute atomic E-state index is 13.0. The van der Waals surface area contributed by atoms with Crippen LogP contribution in [-0.4, -0.2) is 25.2 Å². The summed E-state index contributed by atoms with van der Waals surface area (Å²) >= 11 is 0. The summed E-state index contributed by atoms with van der Waals surface area (Å²) in [5.74, 6) is -0.645. The lowest BCUT2D eigenvalue weighted by Crippen LogP contribution is -2.17. The zero-order chi connectivity index (χ0) is 12.7. The zero-order valence-electron chi connectivity index (χ0n) is 9.31. The molecule has 0 fully saturated rings. The molecule has 0 heterocycles. The highest BCUT2D eigenvalue weighted by Crippen LogP contribution is 2.15. The SMILES string of the molecule is COCCONCc1cc(F)cc([N+](=O)[O-])c1. The Labute approximate surface area is 97.4 Å². The van der Waals surface area contributed by atoms with Gasteiger partial charge in [0.15, 0.2) is 0 Å². The van der Waals surface area contributed by atoms with Crippen LogP contribution in [0.5, 0.6) is 0 Å². The van der Waals surface area contributed by atoms with Crippen LogP contribution in [0, 0.1) is 15.9 Å². The van der Waals surface area contributed by atoms with Crippen molar-refractivity contribution in [2.24, 2.45) is 0 Å². The van der Waals surface area contributed by atoms with Crippen LogP contribution in [0.15, 0.2) is 18.2 Å². The Kier molecular flexibility index (Phi) is 5.47. The molecule has 1 aromatic rings. The van der Waals surface area contributed by atoms with Crippen LogP contribution in [0.25, 0.3) is 0 Å². The third-order valence-corrected chi connectivity index (χ3v) is 1.92. The number of hydrogen-bond donors (Lipinski definition) is 1. The van der Waals surface area contributed by atoms with Gasteiger partial charge in [0.2, 0.25) is 0 Å². The summed E-state index contributed by atoms with van der Waals surface area (Å²) in [4.78, 5) is 14.8. The van der Waals surface area contributed by atoms with Crippen molar-refractivity contribution in [3.8, 4) is 0 Å². The van der Waals surface area contributed by atoms with Crippen LogP contribution in [0.3, 0.4) is 0 Å². The second-order valence-electron chi connectivity index (χ2n) is 3.24. The standard InChI is InChI=1S/C10H13FN2O4/c1-16-2-3-17-12-7-8-4-9(11)6-10(5-8)13(14)15/h4-6,12H,2-3,7H2,1H3. The number of nitro benzene ring substituents is 1. The first-order valence-electron chi connectivity index (χ1n) is 4.91. The van der Waals surface area contributed by atoms with Gasteiger partial charge in [-0.3, -0.25) is 15.0 Å². The van der Waals surface area contributed by atoms with Crippen LogP contribution < -0.4 is 5.48 Å². The van der Waals surface area contributed by atoms with Crippen molar-refractivity contribution in [1.82, 2.24) is 5.48 Å². The molecule has 0 bridgehead atoms. The molecule has 6 nitrogen and oxygen atoms in total. The fourth-order valence-electron chi connectivity index (χ4n) is 1.17. The number of nitrogens with one attached hydrogen (secondary N) is 1. The van der Waals surface area contributed by atoms with Crippen molar-refractivity contribution in [3.63, 3.8) is 0 Å². The molecule has 0 aliphatic heterocycles. The van der Waals surface area contributed by atoms with E-state index in [9.17, 15) is 14.5 Å². The molecule has 0 aliphatic carbocycles. The number of hydrogen-bond acceptors (Lipinski definition) is 5. The molecule has 0 amide bonds. The molecule has 0 saturated heterocycles. The second-order valence-corrected chi connectivity index (χ2v) is 3.24. The third-order valence-electron chi connectivity index (χ3n) is 1.92. The minimum absolute atomic E-state index is 0.183. The van der Waals surface area contributed by atoms with E-state index in [0.29, 0.717) is 18.8 Å². The van der Waals surface area contributed by atoms with E-state index in [1.54, 1.807) is 7.11 Å². The molecule has 0 aromatic heterocycles. The monoisotopic (exact) mass is 244 g/mol. The molecule has 0 aliphatic rings. The largest absolute Gasteiger partial charge is 0.382 e. The Morgan fingerprint density at radius 1 is 1.41 bits per heavy atom. The Hall–Kier alpha value is -1.57. The summed E-state index contributed by atoms with van der Waals surface area (Å²) in [5.41, 5.74) is 2.72. The summed E-state index contributed by atoms with van der Waals surface area (Å²) in [6.45, 7) is 0.951. The lowest BCUT2D eigenvalue weighted by Gasteiger charge is -2.05. The zero-order valence-corrected chi connectivity index (χ0v) is 9.31. The molecule has 0 radical (unpaired) electrons. The molecule has 0 saturated carbocycles. The van der Waals surface area contributed by atoms with Crippen LogP contribution >= 0.6 is 0 Å². The van der Waals surface area contributed by atoms with Gasteiger partial charge in [-0.25, -0.2) is 4.39 Å². The van der Waals surface area contributed by atoms with Crippen LogP contribution in [0.2, 0.25) is 0 Å². The fourth-order valence-corrected chi connectivity index (χ4v) is 1.17. The predicted molar refractivity (Wildman–Crippen MR) is 57.7 cm³/mol. The van der Waals surface area contributed by atoms with E-state index in [1.165, 1.54) is 12.1 Å². The molecule has 1 aromatic carbocycles. The third kappa shape index (κ3) is 4.85. The summed E-state index contributed by atoms with van der Waals surface area (Å²) in [7, 11) is 1.54. The maximum atomic E-state index is 13.0. The van der Waals surface area contributed by atoms with E-state index >= 15 is 0 Å². The van der Waals surface area contributed by atoms with E-state index in [-0.39, 0.29) is 12.2 Å². The molecule has 0 unspecified atom stereocenters. The van der Waals surface area contributed by atoms with Gasteiger partial charge in [0.05, 0.1) is 24.2 Å². The van der Waals surface area contributed by atoms with Gasteiger partial charge in [-0.15, -0.1) is 0 Å². The normalized spacial score (nSPS) is 10.5. The summed E-state index contributed by atoms with van der Waals surface area (Å²) in [5, 5.41) is 10.5. The van der Waals surface area contributed by atoms with Crippen LogP contribution in [0.1, 0.15) is 5.56 Å². The van der Waals surface area contributed by atoms with Crippen LogP contribution in [-0.2, 0) is 16.1 Å². The van der Waals surface area contributed by atoms with Gasteiger partial charge in [0.1, 0.15) is 5.82 Å². The van der Waals surface area contributed by atoms with Crippen molar-refractivity contribution in [3.05, 3.63) is 39.7 Å². The predicted octanol–water partition coefficient (Wildman–Crippen LogP) is 1.40. The van der Waals surface area contributed by atoms with Gasteiger partial charge in [-0.05, 0) is 11.6 Å². The van der Waals surface area contributed by atoms with Crippen LogP contribution in [0.4, 0.5) is 10.1 Å². The average molecular weight is 244 g/mol. The van der Waals surface area contributed by atoms with E-state index in [2.05, 4.69) is 5.48 Å². The highest BCUT2D eigenvalue weighted by Gasteiger charge is 2.09. The topological polar surface area (TPSA) is 73.6 Å². The number of hydroxylamine groups is 1. The van der Waals surface area contributed by atoms with Crippen molar-refractivity contribution >= 4 is 5.69 Å². The number of halogens is 1. The van der Waals surface area contributed by atoms with Gasteiger partial charge in [-0.1, -0.05) is 0 Å². The number of non-ortho nitro benzene ring substituents is 1. The molecule has 94 valence electrons. The number of methoxy groups -OCH3 is 1. The molecule has 7 heteroatoms. The fraction of sp³-hybridized carbons (Fsp3) is 0.400. The Morgan fingerprint density at radius 2 is 2.18 bits per heavy atom. The smallest absolute Gasteiger partial charge is 0.272 e. The van der Waals surface area contributed by atoms with Gasteiger partial charge in [0, 0.05) is 19.7 Å². The number of nitro groups is 1. The lowest BCUT2D eigenvalue weighted by atomic mass is 10.2. The van der Waals surface area contributed by atoms with Crippen molar-refractivity contribution < 1.29 is 18.9 Å². The molecule has 0 spiro atoms. The lowest BCUT2D eigenvalue weighted by molar-refractivity contribution is -0.385. The molecular formula is C10H13FN2O4. The van der Waals surface area contributed by atoms with E-state index in [1.807, 2.05) is 0 Å². The summed E-state index contributed by atoms with van der Waals surface area (Å²) in [6.07, 6.45) is 0. The molecule has 17 heavy (non-hydrogen) atoms. The molecular weight excluding hydrogens is 231 g/mol. The highest BCUT2D eigenvalue weighted by atomic mass is 19.1. The van der Waals surface area contributed by atoms with E-state index in [0.717, 1.165) is 6.07 Å². The Morgan fingerprint density at radius 3 is 2.82 bits per heavy atom. The number of benzene rings is 1. The molecule has 0 atom stereocenters. The van der Waals surface area contributed by atoms with Gasteiger partial charge in [0.25, 0.3) is 5.69 Å². The number of nitrogens with zero attached hydrogens (tertiary/aromatic N) is 1. The number of ether oxygens (including phenoxy) is 1. The summed E-state index contributed by atoms with van der Waals surface area (Å²) < 4.78 is 17.8. The molecule has 1 N–H and O–H groups in total. The van der Waals surface area contributed by atoms with E-state index in [4.69, 9.17) is 9.57 Å². The first kappa shape index (κ1) is 13.5. The van der Waals surface area contributed by atoms with E-state index < -0.39 is 10.7 Å². The van der Waals surface area contributed by atoms with Crippen molar-refractivity contribution in [2.75, 3.05) is 20.3 Å². The minimum Gasteiger partial charge on any atom is -0.382 e. The van der Waals surface area contributed by atoms with Gasteiger partial charge >= 0.3 is 0 Å². The highest BCUT2D eigenvalue weighted by molar-refractivity contribution is 5.35. The van der Waals surface area contributed by atoms with Gasteiger partial charge < -0.3 is 4.74 Å². The molecule has 1 rings (SSSR count). The van der Waals surface area contributed by atoms with Gasteiger partial charge in [-0.2, -0.15) is 5.48 Å². The number of rotatable bonds is 7. The van der Waals surface area contributed by atoms with Crippen molar-refractivity contribution in [2.45, 2.75) is 6.54 Å².